The third-order valence-corrected chi connectivity index (χ3v) is 9.38. The Balaban J connectivity index is 1.19. The van der Waals surface area contributed by atoms with Gasteiger partial charge in [0.1, 0.15) is 10.9 Å². The molecule has 13 heteroatoms. The van der Waals surface area contributed by atoms with Gasteiger partial charge in [0.05, 0.1) is 24.0 Å². The van der Waals surface area contributed by atoms with Gasteiger partial charge in [-0.15, -0.1) is 11.3 Å². The van der Waals surface area contributed by atoms with Crippen LogP contribution >= 0.6 is 11.3 Å². The Morgan fingerprint density at radius 2 is 1.85 bits per heavy atom. The molecule has 2 atom stereocenters. The van der Waals surface area contributed by atoms with Gasteiger partial charge in [0.2, 0.25) is 5.91 Å². The van der Waals surface area contributed by atoms with E-state index < -0.39 is 46.4 Å². The lowest BCUT2D eigenvalue weighted by Gasteiger charge is -2.28. The van der Waals surface area contributed by atoms with Gasteiger partial charge < -0.3 is 10.6 Å². The zero-order valence-corrected chi connectivity index (χ0v) is 22.5. The maximum Gasteiger partial charge on any atom is 0.435 e. The Labute approximate surface area is 232 Å². The molecule has 0 bridgehead atoms. The monoisotopic (exact) mass is 575 g/mol. The van der Waals surface area contributed by atoms with Crippen LogP contribution < -0.4 is 10.6 Å². The Morgan fingerprint density at radius 1 is 1.15 bits per heavy atom. The molecule has 1 aromatic carbocycles. The summed E-state index contributed by atoms with van der Waals surface area (Å²) in [5.74, 6) is -3.06. The second-order valence-corrected chi connectivity index (χ2v) is 12.1. The van der Waals surface area contributed by atoms with Gasteiger partial charge in [0.15, 0.2) is 5.69 Å². The highest BCUT2D eigenvalue weighted by atomic mass is 32.1. The predicted molar refractivity (Wildman–Crippen MR) is 137 cm³/mol. The fraction of sp³-hybridized carbons (Fsp3) is 0.519. The summed E-state index contributed by atoms with van der Waals surface area (Å²) in [6.07, 6.45) is -1.17. The molecule has 2 N–H and O–H groups in total. The second kappa shape index (κ2) is 9.57. The molecule has 2 aromatic rings. The Morgan fingerprint density at radius 3 is 2.50 bits per heavy atom. The number of thiazole rings is 1. The molecule has 1 spiro atoms. The molecule has 212 valence electrons. The molecule has 40 heavy (non-hydrogen) atoms. The third-order valence-electron chi connectivity index (χ3n) is 8.16. The molecule has 1 saturated heterocycles. The highest BCUT2D eigenvalue weighted by Gasteiger charge is 2.56. The van der Waals surface area contributed by atoms with E-state index in [-0.39, 0.29) is 30.2 Å². The normalized spacial score (nSPS) is 22.1. The van der Waals surface area contributed by atoms with E-state index in [4.69, 9.17) is 0 Å². The number of carbonyl (C=O) groups excluding carboxylic acids is 4. The molecule has 6 rings (SSSR count). The van der Waals surface area contributed by atoms with Gasteiger partial charge in [-0.05, 0) is 43.7 Å². The van der Waals surface area contributed by atoms with Gasteiger partial charge in [-0.1, -0.05) is 25.1 Å². The topological polar surface area (TPSA) is 112 Å². The largest absolute Gasteiger partial charge is 0.435 e. The first-order valence-corrected chi connectivity index (χ1v) is 14.2. The minimum absolute atomic E-state index is 0.0463. The number of rotatable bonds is 7. The zero-order chi connectivity index (χ0) is 28.4. The van der Waals surface area contributed by atoms with Crippen molar-refractivity contribution in [2.75, 3.05) is 19.6 Å². The number of carbonyl (C=O) groups is 4. The molecule has 3 fully saturated rings. The summed E-state index contributed by atoms with van der Waals surface area (Å²) in [4.78, 5) is 56.4. The number of amides is 4. The number of fused-ring (bicyclic) bond motifs is 2. The molecule has 3 heterocycles. The summed E-state index contributed by atoms with van der Waals surface area (Å²) in [6.45, 7) is 2.34. The number of hydrazine groups is 1. The van der Waals surface area contributed by atoms with Crippen molar-refractivity contribution in [1.29, 1.82) is 0 Å². The molecular formula is C27H28F3N5O4S. The molecule has 2 aliphatic carbocycles. The van der Waals surface area contributed by atoms with Crippen LogP contribution in [-0.4, -0.2) is 58.3 Å². The van der Waals surface area contributed by atoms with Crippen LogP contribution in [0.3, 0.4) is 0 Å². The number of nitrogens with one attached hydrogen (secondary N) is 2. The van der Waals surface area contributed by atoms with Crippen LogP contribution in [0.4, 0.5) is 13.2 Å². The Bertz CT molecular complexity index is 1400. The van der Waals surface area contributed by atoms with Crippen molar-refractivity contribution in [2.45, 2.75) is 57.2 Å². The maximum atomic E-state index is 13.7. The van der Waals surface area contributed by atoms with Crippen LogP contribution in [0.2, 0.25) is 0 Å². The summed E-state index contributed by atoms with van der Waals surface area (Å²) >= 11 is 0.740. The predicted octanol–water partition coefficient (Wildman–Crippen LogP) is 3.65. The van der Waals surface area contributed by atoms with Crippen LogP contribution in [0.25, 0.3) is 0 Å². The maximum absolute atomic E-state index is 13.7. The van der Waals surface area contributed by atoms with E-state index in [1.54, 1.807) is 31.2 Å². The highest BCUT2D eigenvalue weighted by molar-refractivity contribution is 7.14. The lowest BCUT2D eigenvalue weighted by molar-refractivity contribution is -0.145. The van der Waals surface area contributed by atoms with Crippen LogP contribution in [0, 0.1) is 11.3 Å². The number of alkyl halides is 3. The summed E-state index contributed by atoms with van der Waals surface area (Å²) in [6, 6.07) is 5.54. The number of halogens is 3. The molecule has 2 saturated carbocycles. The molecule has 1 unspecified atom stereocenters. The molecule has 4 aliphatic rings. The number of nitrogens with zero attached hydrogens (tertiary/aromatic N) is 3. The number of hydrogen-bond acceptors (Lipinski definition) is 6. The van der Waals surface area contributed by atoms with Crippen molar-refractivity contribution in [2.24, 2.45) is 11.3 Å². The standard InChI is InChI=1S/C27H28F3N5O4S/c1-2-14(11-31-22(37)19-20(27(28,29)30)33-23(40-19)15-7-8-15)21(36)32-18-16-5-3-4-6-17(16)24(38)34-12-26(9-10-26)13-35(34)25(18)39/h3-6,14-15,18H,2,7-13H2,1H3,(H,31,37)(H,32,36)/t14?,18-/m0/s1. The molecule has 4 amide bonds. The summed E-state index contributed by atoms with van der Waals surface area (Å²) in [7, 11) is 0. The van der Waals surface area contributed by atoms with E-state index in [1.807, 2.05) is 0 Å². The van der Waals surface area contributed by atoms with Crippen LogP contribution in [0.1, 0.15) is 87.3 Å². The van der Waals surface area contributed by atoms with Gasteiger partial charge in [-0.25, -0.2) is 15.0 Å². The summed E-state index contributed by atoms with van der Waals surface area (Å²) in [5, 5.41) is 8.45. The van der Waals surface area contributed by atoms with Crippen LogP contribution in [-0.2, 0) is 15.8 Å². The van der Waals surface area contributed by atoms with Gasteiger partial charge in [0.25, 0.3) is 17.7 Å². The van der Waals surface area contributed by atoms with Gasteiger partial charge in [-0.2, -0.15) is 13.2 Å². The van der Waals surface area contributed by atoms with Crippen molar-refractivity contribution in [3.05, 3.63) is 51.0 Å². The third kappa shape index (κ3) is 4.73. The fourth-order valence-corrected chi connectivity index (χ4v) is 6.57. The Kier molecular flexibility index (Phi) is 6.39. The number of benzene rings is 1. The first-order chi connectivity index (χ1) is 19.0. The van der Waals surface area contributed by atoms with E-state index >= 15 is 0 Å². The quantitative estimate of drug-likeness (QED) is 0.524. The van der Waals surface area contributed by atoms with Crippen LogP contribution in [0.15, 0.2) is 24.3 Å². The molecule has 1 aromatic heterocycles. The summed E-state index contributed by atoms with van der Waals surface area (Å²) in [5.41, 5.74) is -0.577. The van der Waals surface area contributed by atoms with Crippen molar-refractivity contribution in [1.82, 2.24) is 25.6 Å². The minimum atomic E-state index is -4.77. The minimum Gasteiger partial charge on any atom is -0.350 e. The number of hydrogen-bond donors (Lipinski definition) is 2. The average Bonchev–Trinajstić information content (AvgIpc) is 3.83. The zero-order valence-electron chi connectivity index (χ0n) is 21.7. The van der Waals surface area contributed by atoms with E-state index in [9.17, 15) is 32.3 Å². The van der Waals surface area contributed by atoms with Gasteiger partial charge in [-0.3, -0.25) is 19.2 Å². The van der Waals surface area contributed by atoms with E-state index in [0.29, 0.717) is 29.2 Å². The first-order valence-electron chi connectivity index (χ1n) is 13.4. The lowest BCUT2D eigenvalue weighted by atomic mass is 9.97. The smallest absolute Gasteiger partial charge is 0.350 e. The average molecular weight is 576 g/mol. The lowest BCUT2D eigenvalue weighted by Crippen LogP contribution is -2.48. The van der Waals surface area contributed by atoms with E-state index in [0.717, 1.165) is 37.0 Å². The number of aromatic nitrogens is 1. The van der Waals surface area contributed by atoms with Crippen molar-refractivity contribution >= 4 is 35.0 Å². The van der Waals surface area contributed by atoms with E-state index in [1.165, 1.54) is 10.0 Å². The second-order valence-electron chi connectivity index (χ2n) is 11.1. The molecule has 0 radical (unpaired) electrons. The molecule has 2 aliphatic heterocycles. The Hall–Kier alpha value is -3.48. The molecular weight excluding hydrogens is 547 g/mol. The fourth-order valence-electron chi connectivity index (χ4n) is 5.40. The van der Waals surface area contributed by atoms with E-state index in [2.05, 4.69) is 15.6 Å². The first kappa shape index (κ1) is 26.7. The SMILES string of the molecule is CCC(CNC(=O)c1sc(C2CC2)nc1C(F)(F)F)C(=O)N[C@@H]1C(=O)N2CC3(CC3)CN2C(=O)c2ccccc21. The molecule has 9 nitrogen and oxygen atoms in total. The van der Waals surface area contributed by atoms with Gasteiger partial charge in [0, 0.05) is 23.4 Å². The van der Waals surface area contributed by atoms with Crippen molar-refractivity contribution < 1.29 is 32.3 Å². The summed E-state index contributed by atoms with van der Waals surface area (Å²) < 4.78 is 40.7. The van der Waals surface area contributed by atoms with Crippen molar-refractivity contribution in [3.63, 3.8) is 0 Å². The van der Waals surface area contributed by atoms with Crippen molar-refractivity contribution in [3.8, 4) is 0 Å². The van der Waals surface area contributed by atoms with Gasteiger partial charge >= 0.3 is 6.18 Å². The highest BCUT2D eigenvalue weighted by Crippen LogP contribution is 2.52. The van der Waals surface area contributed by atoms with Crippen LogP contribution in [0.5, 0.6) is 0 Å².